The maximum atomic E-state index is 12.1. The Kier molecular flexibility index (Phi) is 5.78. The Morgan fingerprint density at radius 1 is 1.32 bits per heavy atom. The topological polar surface area (TPSA) is 75.6 Å². The van der Waals surface area contributed by atoms with Gasteiger partial charge in [0.1, 0.15) is 11.8 Å². The molecule has 22 heavy (non-hydrogen) atoms. The molecular weight excluding hydrogens is 303 g/mol. The third-order valence-corrected chi connectivity index (χ3v) is 2.75. The van der Waals surface area contributed by atoms with Gasteiger partial charge in [-0.25, -0.2) is 4.79 Å². The Morgan fingerprint density at radius 3 is 2.45 bits per heavy atom. The van der Waals surface area contributed by atoms with Crippen LogP contribution < -0.4 is 10.1 Å². The second kappa shape index (κ2) is 7.15. The zero-order valence-corrected chi connectivity index (χ0v) is 12.0. The van der Waals surface area contributed by atoms with Crippen LogP contribution in [0.25, 0.3) is 0 Å². The Hall–Kier alpha value is -2.25. The average molecular weight is 319 g/mol. The lowest BCUT2D eigenvalue weighted by Gasteiger charge is -2.18. The zero-order chi connectivity index (χ0) is 16.9. The van der Waals surface area contributed by atoms with Gasteiger partial charge in [-0.3, -0.25) is 4.79 Å². The van der Waals surface area contributed by atoms with Gasteiger partial charge in [0.2, 0.25) is 5.91 Å². The average Bonchev–Trinajstić information content (AvgIpc) is 2.33. The molecule has 0 unspecified atom stereocenters. The maximum absolute atomic E-state index is 12.1. The lowest BCUT2D eigenvalue weighted by molar-refractivity contribution is -0.274. The van der Waals surface area contributed by atoms with Crippen LogP contribution in [0.2, 0.25) is 0 Å². The van der Waals surface area contributed by atoms with E-state index in [4.69, 9.17) is 5.11 Å². The molecular formula is C14H16F3NO4. The highest BCUT2D eigenvalue weighted by molar-refractivity contribution is 5.85. The number of nitrogens with one attached hydrogen (secondary N) is 1. The van der Waals surface area contributed by atoms with Crippen LogP contribution in [0.5, 0.6) is 5.75 Å². The predicted octanol–water partition coefficient (Wildman–Crippen LogP) is 2.35. The van der Waals surface area contributed by atoms with Crippen LogP contribution in [-0.4, -0.2) is 29.4 Å². The lowest BCUT2D eigenvalue weighted by atomic mass is 10.0. The Balaban J connectivity index is 2.72. The SMILES string of the molecule is CC(C)[C@H](NC(=O)Cc1cccc(OC(F)(F)F)c1)C(=O)O. The van der Waals surface area contributed by atoms with E-state index in [-0.39, 0.29) is 17.9 Å². The second-order valence-corrected chi connectivity index (χ2v) is 5.00. The third-order valence-electron chi connectivity index (χ3n) is 2.75. The van der Waals surface area contributed by atoms with Crippen molar-refractivity contribution in [3.63, 3.8) is 0 Å². The van der Waals surface area contributed by atoms with E-state index < -0.39 is 30.0 Å². The summed E-state index contributed by atoms with van der Waals surface area (Å²) in [7, 11) is 0. The normalized spacial score (nSPS) is 12.8. The van der Waals surface area contributed by atoms with E-state index in [9.17, 15) is 22.8 Å². The summed E-state index contributed by atoms with van der Waals surface area (Å²) in [5.74, 6) is -2.51. The van der Waals surface area contributed by atoms with Crippen LogP contribution in [0.3, 0.4) is 0 Å². The predicted molar refractivity (Wildman–Crippen MR) is 71.2 cm³/mol. The number of carbonyl (C=O) groups is 2. The third kappa shape index (κ3) is 6.02. The molecule has 0 aromatic heterocycles. The van der Waals surface area contributed by atoms with Crippen molar-refractivity contribution in [2.45, 2.75) is 32.7 Å². The number of hydrogen-bond donors (Lipinski definition) is 2. The van der Waals surface area contributed by atoms with Crippen molar-refractivity contribution in [1.82, 2.24) is 5.32 Å². The molecule has 8 heteroatoms. The van der Waals surface area contributed by atoms with E-state index in [1.807, 2.05) is 0 Å². The van der Waals surface area contributed by atoms with Gasteiger partial charge in [0.15, 0.2) is 0 Å². The Bertz CT molecular complexity index is 543. The number of carboxylic acid groups (broad SMARTS) is 1. The van der Waals surface area contributed by atoms with Crippen molar-refractivity contribution >= 4 is 11.9 Å². The molecule has 1 atom stereocenters. The lowest BCUT2D eigenvalue weighted by Crippen LogP contribution is -2.44. The van der Waals surface area contributed by atoms with Gasteiger partial charge in [0.25, 0.3) is 0 Å². The van der Waals surface area contributed by atoms with Gasteiger partial charge in [-0.15, -0.1) is 13.2 Å². The number of carboxylic acids is 1. The first-order valence-electron chi connectivity index (χ1n) is 6.45. The number of carbonyl (C=O) groups excluding carboxylic acids is 1. The summed E-state index contributed by atoms with van der Waals surface area (Å²) < 4.78 is 40.1. The summed E-state index contributed by atoms with van der Waals surface area (Å²) >= 11 is 0. The van der Waals surface area contributed by atoms with Gasteiger partial charge in [-0.1, -0.05) is 26.0 Å². The van der Waals surface area contributed by atoms with Crippen molar-refractivity contribution < 1.29 is 32.6 Å². The van der Waals surface area contributed by atoms with Crippen LogP contribution in [0.1, 0.15) is 19.4 Å². The van der Waals surface area contributed by atoms with E-state index in [0.717, 1.165) is 12.1 Å². The van der Waals surface area contributed by atoms with Crippen LogP contribution in [0, 0.1) is 5.92 Å². The summed E-state index contributed by atoms with van der Waals surface area (Å²) in [6.45, 7) is 3.27. The molecule has 0 fully saturated rings. The molecule has 0 heterocycles. The largest absolute Gasteiger partial charge is 0.573 e. The van der Waals surface area contributed by atoms with Gasteiger partial charge in [0.05, 0.1) is 6.42 Å². The number of hydrogen-bond acceptors (Lipinski definition) is 3. The number of alkyl halides is 3. The van der Waals surface area contributed by atoms with Crippen molar-refractivity contribution in [2.75, 3.05) is 0 Å². The fraction of sp³-hybridized carbons (Fsp3) is 0.429. The molecule has 2 N–H and O–H groups in total. The zero-order valence-electron chi connectivity index (χ0n) is 12.0. The number of aliphatic carboxylic acids is 1. The molecule has 1 aromatic rings. The smallest absolute Gasteiger partial charge is 0.480 e. The fourth-order valence-electron chi connectivity index (χ4n) is 1.78. The molecule has 5 nitrogen and oxygen atoms in total. The molecule has 0 saturated heterocycles. The van der Waals surface area contributed by atoms with E-state index in [0.29, 0.717) is 0 Å². The van der Waals surface area contributed by atoms with E-state index in [1.54, 1.807) is 13.8 Å². The van der Waals surface area contributed by atoms with Crippen LogP contribution in [-0.2, 0) is 16.0 Å². The van der Waals surface area contributed by atoms with Gasteiger partial charge in [-0.05, 0) is 23.6 Å². The highest BCUT2D eigenvalue weighted by atomic mass is 19.4. The minimum absolute atomic E-state index is 0.244. The van der Waals surface area contributed by atoms with Crippen LogP contribution in [0.15, 0.2) is 24.3 Å². The summed E-state index contributed by atoms with van der Waals surface area (Å²) in [4.78, 5) is 22.8. The van der Waals surface area contributed by atoms with E-state index in [1.165, 1.54) is 12.1 Å². The summed E-state index contributed by atoms with van der Waals surface area (Å²) in [6, 6.07) is 3.91. The van der Waals surface area contributed by atoms with Gasteiger partial charge >= 0.3 is 12.3 Å². The highest BCUT2D eigenvalue weighted by Crippen LogP contribution is 2.23. The van der Waals surface area contributed by atoms with Crippen LogP contribution in [0.4, 0.5) is 13.2 Å². The summed E-state index contributed by atoms with van der Waals surface area (Å²) in [5.41, 5.74) is 0.284. The van der Waals surface area contributed by atoms with Crippen molar-refractivity contribution in [2.24, 2.45) is 5.92 Å². The van der Waals surface area contributed by atoms with Crippen molar-refractivity contribution in [1.29, 1.82) is 0 Å². The quantitative estimate of drug-likeness (QED) is 0.844. The number of benzene rings is 1. The number of ether oxygens (including phenoxy) is 1. The molecule has 0 bridgehead atoms. The molecule has 0 spiro atoms. The molecule has 0 radical (unpaired) electrons. The second-order valence-electron chi connectivity index (χ2n) is 5.00. The maximum Gasteiger partial charge on any atom is 0.573 e. The number of rotatable bonds is 6. The molecule has 1 amide bonds. The standard InChI is InChI=1S/C14H16F3NO4/c1-8(2)12(13(20)21)18-11(19)7-9-4-3-5-10(6-9)22-14(15,16)17/h3-6,8,12H,7H2,1-2H3,(H,18,19)(H,20,21)/t12-/m0/s1. The minimum atomic E-state index is -4.81. The molecule has 0 aliphatic carbocycles. The van der Waals surface area contributed by atoms with Crippen LogP contribution >= 0.6 is 0 Å². The first-order valence-corrected chi connectivity index (χ1v) is 6.45. The molecule has 0 aliphatic rings. The molecule has 0 saturated carbocycles. The van der Waals surface area contributed by atoms with Crippen molar-refractivity contribution in [3.8, 4) is 5.75 Å². The van der Waals surface area contributed by atoms with Gasteiger partial charge < -0.3 is 15.2 Å². The number of amides is 1. The van der Waals surface area contributed by atoms with Gasteiger partial charge in [-0.2, -0.15) is 0 Å². The van der Waals surface area contributed by atoms with E-state index in [2.05, 4.69) is 10.1 Å². The summed E-state index contributed by atoms with van der Waals surface area (Å²) in [6.07, 6.45) is -5.06. The van der Waals surface area contributed by atoms with Gasteiger partial charge in [0, 0.05) is 0 Å². The monoisotopic (exact) mass is 319 g/mol. The Labute approximate surface area is 125 Å². The van der Waals surface area contributed by atoms with E-state index >= 15 is 0 Å². The van der Waals surface area contributed by atoms with Crippen molar-refractivity contribution in [3.05, 3.63) is 29.8 Å². The number of halogens is 3. The first kappa shape index (κ1) is 17.8. The Morgan fingerprint density at radius 2 is 1.95 bits per heavy atom. The fourth-order valence-corrected chi connectivity index (χ4v) is 1.78. The summed E-state index contributed by atoms with van der Waals surface area (Å²) in [5, 5.41) is 11.3. The highest BCUT2D eigenvalue weighted by Gasteiger charge is 2.31. The molecule has 1 aromatic carbocycles. The molecule has 0 aliphatic heterocycles. The minimum Gasteiger partial charge on any atom is -0.480 e. The first-order chi connectivity index (χ1) is 10.1. The molecule has 1 rings (SSSR count). The molecule has 122 valence electrons.